The molecule has 1 N–H and O–H groups in total. The lowest BCUT2D eigenvalue weighted by Crippen LogP contribution is -2.11. The van der Waals surface area contributed by atoms with Crippen LogP contribution in [-0.2, 0) is 0 Å². The van der Waals surface area contributed by atoms with Crippen molar-refractivity contribution in [2.24, 2.45) is 0 Å². The molecule has 0 radical (unpaired) electrons. The number of fused-ring (bicyclic) bond motifs is 2. The Morgan fingerprint density at radius 3 is 2.78 bits per heavy atom. The fourth-order valence-corrected chi connectivity index (χ4v) is 2.93. The van der Waals surface area contributed by atoms with E-state index in [0.717, 1.165) is 11.3 Å². The third-order valence-corrected chi connectivity index (χ3v) is 4.31. The fourth-order valence-electron chi connectivity index (χ4n) is 2.93. The van der Waals surface area contributed by atoms with Crippen LogP contribution in [0, 0.1) is 0 Å². The van der Waals surface area contributed by atoms with Crippen molar-refractivity contribution in [1.29, 1.82) is 0 Å². The van der Waals surface area contributed by atoms with E-state index in [1.54, 1.807) is 24.4 Å². The van der Waals surface area contributed by atoms with Crippen molar-refractivity contribution in [2.45, 2.75) is 0 Å². The smallest absolute Gasteiger partial charge is 0.255 e. The SMILES string of the molecule is O=C(Nc1ccc(-c2cn3cccnc3n2)cc1)c1ccc2c(c1)OCO2. The molecule has 0 atom stereocenters. The third-order valence-electron chi connectivity index (χ3n) is 4.31. The lowest BCUT2D eigenvalue weighted by molar-refractivity contribution is 0.102. The molecule has 0 bridgehead atoms. The summed E-state index contributed by atoms with van der Waals surface area (Å²) in [6.45, 7) is 0.181. The molecule has 0 unspecified atom stereocenters. The number of hydrogen-bond acceptors (Lipinski definition) is 5. The molecular formula is C20H14N4O3. The molecule has 1 aliphatic heterocycles. The van der Waals surface area contributed by atoms with Gasteiger partial charge in [0.2, 0.25) is 12.6 Å². The van der Waals surface area contributed by atoms with E-state index in [2.05, 4.69) is 15.3 Å². The Morgan fingerprint density at radius 2 is 1.93 bits per heavy atom. The second-order valence-corrected chi connectivity index (χ2v) is 6.05. The number of carbonyl (C=O) groups is 1. The van der Waals surface area contributed by atoms with E-state index in [1.165, 1.54) is 0 Å². The first-order valence-electron chi connectivity index (χ1n) is 8.37. The number of nitrogens with one attached hydrogen (secondary N) is 1. The molecule has 7 nitrogen and oxygen atoms in total. The molecule has 5 rings (SSSR count). The minimum Gasteiger partial charge on any atom is -0.454 e. The van der Waals surface area contributed by atoms with Crippen molar-refractivity contribution >= 4 is 17.4 Å². The van der Waals surface area contributed by atoms with Crippen LogP contribution in [-0.4, -0.2) is 27.1 Å². The first kappa shape index (κ1) is 15.4. The largest absolute Gasteiger partial charge is 0.454 e. The Hall–Kier alpha value is -3.87. The highest BCUT2D eigenvalue weighted by molar-refractivity contribution is 6.04. The topological polar surface area (TPSA) is 77.8 Å². The van der Waals surface area contributed by atoms with Crippen LogP contribution in [0.2, 0.25) is 0 Å². The maximum Gasteiger partial charge on any atom is 0.255 e. The molecule has 4 aromatic rings. The van der Waals surface area contributed by atoms with Gasteiger partial charge in [0.05, 0.1) is 5.69 Å². The number of anilines is 1. The van der Waals surface area contributed by atoms with Crippen molar-refractivity contribution in [3.63, 3.8) is 0 Å². The average Bonchev–Trinajstić information content (AvgIpc) is 3.34. The Balaban J connectivity index is 1.35. The van der Waals surface area contributed by atoms with Crippen LogP contribution >= 0.6 is 0 Å². The molecule has 0 saturated carbocycles. The Kier molecular flexibility index (Phi) is 3.50. The highest BCUT2D eigenvalue weighted by atomic mass is 16.7. The number of ether oxygens (including phenoxy) is 2. The minimum absolute atomic E-state index is 0.181. The summed E-state index contributed by atoms with van der Waals surface area (Å²) in [4.78, 5) is 21.2. The molecule has 0 aliphatic carbocycles. The summed E-state index contributed by atoms with van der Waals surface area (Å²) in [6, 6.07) is 14.5. The predicted molar refractivity (Wildman–Crippen MR) is 98.9 cm³/mol. The van der Waals surface area contributed by atoms with Gasteiger partial charge in [-0.3, -0.25) is 9.20 Å². The van der Waals surface area contributed by atoms with Crippen LogP contribution in [0.1, 0.15) is 10.4 Å². The lowest BCUT2D eigenvalue weighted by atomic mass is 10.1. The van der Waals surface area contributed by atoms with Crippen molar-refractivity contribution in [1.82, 2.24) is 14.4 Å². The molecule has 0 spiro atoms. The number of hydrogen-bond donors (Lipinski definition) is 1. The van der Waals surface area contributed by atoms with Crippen LogP contribution in [0.15, 0.2) is 67.1 Å². The van der Waals surface area contributed by atoms with E-state index in [-0.39, 0.29) is 12.7 Å². The van der Waals surface area contributed by atoms with Gasteiger partial charge in [0.15, 0.2) is 11.5 Å². The van der Waals surface area contributed by atoms with Crippen LogP contribution in [0.4, 0.5) is 5.69 Å². The van der Waals surface area contributed by atoms with Crippen molar-refractivity contribution < 1.29 is 14.3 Å². The van der Waals surface area contributed by atoms with E-state index in [1.807, 2.05) is 47.1 Å². The summed E-state index contributed by atoms with van der Waals surface area (Å²) in [6.07, 6.45) is 5.53. The number of aromatic nitrogens is 3. The zero-order valence-corrected chi connectivity index (χ0v) is 14.1. The van der Waals surface area contributed by atoms with Gasteiger partial charge in [-0.2, -0.15) is 0 Å². The molecule has 2 aromatic heterocycles. The maximum absolute atomic E-state index is 12.5. The van der Waals surface area contributed by atoms with Gasteiger partial charge >= 0.3 is 0 Å². The summed E-state index contributed by atoms with van der Waals surface area (Å²) < 4.78 is 12.4. The number of benzene rings is 2. The summed E-state index contributed by atoms with van der Waals surface area (Å²) in [5, 5.41) is 2.88. The highest BCUT2D eigenvalue weighted by Gasteiger charge is 2.16. The predicted octanol–water partition coefficient (Wildman–Crippen LogP) is 3.38. The van der Waals surface area contributed by atoms with E-state index in [0.29, 0.717) is 28.5 Å². The van der Waals surface area contributed by atoms with Gasteiger partial charge in [-0.1, -0.05) is 12.1 Å². The average molecular weight is 358 g/mol. The van der Waals surface area contributed by atoms with Crippen LogP contribution in [0.5, 0.6) is 11.5 Å². The van der Waals surface area contributed by atoms with Gasteiger partial charge in [0.1, 0.15) is 0 Å². The molecular weight excluding hydrogens is 344 g/mol. The van der Waals surface area contributed by atoms with Crippen LogP contribution < -0.4 is 14.8 Å². The highest BCUT2D eigenvalue weighted by Crippen LogP contribution is 2.32. The maximum atomic E-state index is 12.5. The summed E-state index contributed by atoms with van der Waals surface area (Å²) in [5.41, 5.74) is 2.97. The molecule has 27 heavy (non-hydrogen) atoms. The lowest BCUT2D eigenvalue weighted by Gasteiger charge is -2.07. The van der Waals surface area contributed by atoms with Gasteiger partial charge in [-0.05, 0) is 36.4 Å². The standard InChI is InChI=1S/C20H14N4O3/c25-19(14-4-7-17-18(10-14)27-12-26-17)22-15-5-2-13(3-6-15)16-11-24-9-1-8-21-20(24)23-16/h1-11H,12H2,(H,22,25). The van der Waals surface area contributed by atoms with E-state index >= 15 is 0 Å². The fraction of sp³-hybridized carbons (Fsp3) is 0.0500. The summed E-state index contributed by atoms with van der Waals surface area (Å²) >= 11 is 0. The molecule has 0 saturated heterocycles. The Labute approximate surface area is 154 Å². The van der Waals surface area contributed by atoms with Gasteiger partial charge < -0.3 is 14.8 Å². The molecule has 0 fully saturated rings. The molecule has 7 heteroatoms. The first-order valence-corrected chi connectivity index (χ1v) is 8.37. The van der Waals surface area contributed by atoms with Gasteiger partial charge in [0, 0.05) is 35.4 Å². The molecule has 2 aromatic carbocycles. The van der Waals surface area contributed by atoms with Gasteiger partial charge in [0.25, 0.3) is 5.91 Å². The zero-order chi connectivity index (χ0) is 18.2. The van der Waals surface area contributed by atoms with Gasteiger partial charge in [-0.15, -0.1) is 0 Å². The van der Waals surface area contributed by atoms with E-state index in [4.69, 9.17) is 9.47 Å². The Bertz CT molecular complexity index is 1120. The number of carbonyl (C=O) groups excluding carboxylic acids is 1. The molecule has 3 heterocycles. The quantitative estimate of drug-likeness (QED) is 0.607. The Morgan fingerprint density at radius 1 is 1.07 bits per heavy atom. The second kappa shape index (κ2) is 6.14. The number of amides is 1. The first-order chi connectivity index (χ1) is 13.3. The van der Waals surface area contributed by atoms with Crippen LogP contribution in [0.25, 0.3) is 17.0 Å². The van der Waals surface area contributed by atoms with Crippen molar-refractivity contribution in [3.05, 3.63) is 72.7 Å². The minimum atomic E-state index is -0.210. The van der Waals surface area contributed by atoms with E-state index in [9.17, 15) is 4.79 Å². The summed E-state index contributed by atoms with van der Waals surface area (Å²) in [7, 11) is 0. The van der Waals surface area contributed by atoms with Gasteiger partial charge in [-0.25, -0.2) is 9.97 Å². The van der Waals surface area contributed by atoms with Crippen molar-refractivity contribution in [3.8, 4) is 22.8 Å². The molecule has 1 amide bonds. The number of imidazole rings is 1. The monoisotopic (exact) mass is 358 g/mol. The van der Waals surface area contributed by atoms with E-state index < -0.39 is 0 Å². The van der Waals surface area contributed by atoms with Crippen LogP contribution in [0.3, 0.4) is 0 Å². The normalized spacial score (nSPS) is 12.3. The molecule has 132 valence electrons. The molecule has 1 aliphatic rings. The summed E-state index contributed by atoms with van der Waals surface area (Å²) in [5.74, 6) is 1.67. The third kappa shape index (κ3) is 2.85. The second-order valence-electron chi connectivity index (χ2n) is 6.05. The number of nitrogens with zero attached hydrogens (tertiary/aromatic N) is 3. The number of rotatable bonds is 3. The zero-order valence-electron chi connectivity index (χ0n) is 14.1. The van der Waals surface area contributed by atoms with Crippen molar-refractivity contribution in [2.75, 3.05) is 12.1 Å².